The van der Waals surface area contributed by atoms with E-state index < -0.39 is 30.0 Å². The summed E-state index contributed by atoms with van der Waals surface area (Å²) in [5.41, 5.74) is 4.73. The maximum Gasteiger partial charge on any atom is 0.405 e. The highest BCUT2D eigenvalue weighted by Crippen LogP contribution is 2.31. The minimum atomic E-state index is -4.39. The largest absolute Gasteiger partial charge is 0.405 e. The zero-order valence-electron chi connectivity index (χ0n) is 10.9. The molecule has 7 heteroatoms. The van der Waals surface area contributed by atoms with Gasteiger partial charge in [-0.2, -0.15) is 13.2 Å². The van der Waals surface area contributed by atoms with Gasteiger partial charge in [0.1, 0.15) is 6.04 Å². The molecule has 0 radical (unpaired) electrons. The maximum atomic E-state index is 13.0. The van der Waals surface area contributed by atoms with E-state index in [0.717, 1.165) is 0 Å². The summed E-state index contributed by atoms with van der Waals surface area (Å²) >= 11 is 0. The molecule has 1 heterocycles. The molecule has 108 valence electrons. The molecule has 3 atom stereocenters. The standard InChI is InChI=1S/C11H21F3N2O2/c1-7(15)9(11(12,13)14)16-4-8(5-17)18-10(2,3)6-16/h7-9,17H,4-6,15H2,1-3H3. The number of hydrogen-bond acceptors (Lipinski definition) is 4. The Labute approximate surface area is 105 Å². The van der Waals surface area contributed by atoms with Crippen LogP contribution in [0.5, 0.6) is 0 Å². The molecule has 1 aliphatic heterocycles. The molecule has 18 heavy (non-hydrogen) atoms. The Kier molecular flexibility index (Phi) is 4.64. The number of hydrogen-bond donors (Lipinski definition) is 2. The Morgan fingerprint density at radius 2 is 2.06 bits per heavy atom. The van der Waals surface area contributed by atoms with Crippen molar-refractivity contribution < 1.29 is 23.0 Å². The molecule has 3 unspecified atom stereocenters. The van der Waals surface area contributed by atoms with Crippen LogP contribution in [0.4, 0.5) is 13.2 Å². The summed E-state index contributed by atoms with van der Waals surface area (Å²) in [6, 6.07) is -2.74. The smallest absolute Gasteiger partial charge is 0.394 e. The Morgan fingerprint density at radius 1 is 1.50 bits per heavy atom. The van der Waals surface area contributed by atoms with Crippen LogP contribution < -0.4 is 5.73 Å². The summed E-state index contributed by atoms with van der Waals surface area (Å²) in [5.74, 6) is 0. The highest BCUT2D eigenvalue weighted by Gasteiger charge is 2.49. The van der Waals surface area contributed by atoms with Gasteiger partial charge in [-0.1, -0.05) is 0 Å². The van der Waals surface area contributed by atoms with Crippen molar-refractivity contribution in [2.45, 2.75) is 50.7 Å². The lowest BCUT2D eigenvalue weighted by Crippen LogP contribution is -2.63. The molecule has 1 aliphatic rings. The molecular weight excluding hydrogens is 249 g/mol. The summed E-state index contributed by atoms with van der Waals surface area (Å²) in [4.78, 5) is 1.26. The average molecular weight is 270 g/mol. The van der Waals surface area contributed by atoms with E-state index >= 15 is 0 Å². The second-order valence-electron chi connectivity index (χ2n) is 5.46. The molecule has 0 aliphatic carbocycles. The molecule has 1 rings (SSSR count). The SMILES string of the molecule is CC(N)C(N1CC(CO)OC(C)(C)C1)C(F)(F)F. The van der Waals surface area contributed by atoms with Crippen molar-refractivity contribution in [3.8, 4) is 0 Å². The van der Waals surface area contributed by atoms with Gasteiger partial charge in [-0.3, -0.25) is 4.90 Å². The van der Waals surface area contributed by atoms with Gasteiger partial charge in [-0.05, 0) is 20.8 Å². The average Bonchev–Trinajstić information content (AvgIpc) is 2.11. The van der Waals surface area contributed by atoms with Gasteiger partial charge in [0.15, 0.2) is 0 Å². The van der Waals surface area contributed by atoms with Gasteiger partial charge in [-0.25, -0.2) is 0 Å². The van der Waals surface area contributed by atoms with Crippen molar-refractivity contribution >= 4 is 0 Å². The fourth-order valence-electron chi connectivity index (χ4n) is 2.49. The number of nitrogens with zero attached hydrogens (tertiary/aromatic N) is 1. The normalized spacial score (nSPS) is 29.0. The Balaban J connectivity index is 2.91. The molecule has 1 fully saturated rings. The van der Waals surface area contributed by atoms with Crippen LogP contribution in [0.1, 0.15) is 20.8 Å². The molecule has 0 saturated carbocycles. The van der Waals surface area contributed by atoms with E-state index in [2.05, 4.69) is 0 Å². The Hall–Kier alpha value is -0.370. The van der Waals surface area contributed by atoms with Gasteiger partial charge in [0, 0.05) is 19.1 Å². The van der Waals surface area contributed by atoms with Crippen LogP contribution in [0.25, 0.3) is 0 Å². The maximum absolute atomic E-state index is 13.0. The summed E-state index contributed by atoms with van der Waals surface area (Å²) in [5, 5.41) is 9.10. The lowest BCUT2D eigenvalue weighted by atomic mass is 10.00. The zero-order chi connectivity index (χ0) is 14.1. The van der Waals surface area contributed by atoms with E-state index in [0.29, 0.717) is 0 Å². The highest BCUT2D eigenvalue weighted by molar-refractivity contribution is 4.93. The van der Waals surface area contributed by atoms with Crippen molar-refractivity contribution in [1.82, 2.24) is 4.90 Å². The van der Waals surface area contributed by atoms with Crippen molar-refractivity contribution in [2.75, 3.05) is 19.7 Å². The van der Waals surface area contributed by atoms with Crippen LogP contribution >= 0.6 is 0 Å². The third-order valence-electron chi connectivity index (χ3n) is 2.94. The van der Waals surface area contributed by atoms with Crippen LogP contribution in [0, 0.1) is 0 Å². The van der Waals surface area contributed by atoms with Crippen LogP contribution in [-0.4, -0.2) is 59.7 Å². The topological polar surface area (TPSA) is 58.7 Å². The van der Waals surface area contributed by atoms with Gasteiger partial charge in [0.05, 0.1) is 18.3 Å². The molecule has 0 bridgehead atoms. The number of halogens is 3. The molecule has 0 spiro atoms. The third-order valence-corrected chi connectivity index (χ3v) is 2.94. The number of aliphatic hydroxyl groups excluding tert-OH is 1. The second kappa shape index (κ2) is 5.32. The van der Waals surface area contributed by atoms with Gasteiger partial charge in [0.25, 0.3) is 0 Å². The zero-order valence-corrected chi connectivity index (χ0v) is 10.9. The predicted molar refractivity (Wildman–Crippen MR) is 61.1 cm³/mol. The highest BCUT2D eigenvalue weighted by atomic mass is 19.4. The third kappa shape index (κ3) is 3.81. The van der Waals surface area contributed by atoms with Crippen molar-refractivity contribution in [1.29, 1.82) is 0 Å². The number of alkyl halides is 3. The number of ether oxygens (including phenoxy) is 1. The fraction of sp³-hybridized carbons (Fsp3) is 1.00. The monoisotopic (exact) mass is 270 g/mol. The van der Waals surface area contributed by atoms with Crippen molar-refractivity contribution in [3.05, 3.63) is 0 Å². The molecule has 1 saturated heterocycles. The van der Waals surface area contributed by atoms with E-state index in [9.17, 15) is 13.2 Å². The summed E-state index contributed by atoms with van der Waals surface area (Å²) in [7, 11) is 0. The van der Waals surface area contributed by atoms with Gasteiger partial charge in [0.2, 0.25) is 0 Å². The molecule has 0 aromatic carbocycles. The Bertz CT molecular complexity index is 282. The molecule has 0 aromatic heterocycles. The quantitative estimate of drug-likeness (QED) is 0.794. The number of morpholine rings is 1. The second-order valence-corrected chi connectivity index (χ2v) is 5.46. The van der Waals surface area contributed by atoms with E-state index in [1.54, 1.807) is 13.8 Å². The molecule has 4 nitrogen and oxygen atoms in total. The lowest BCUT2D eigenvalue weighted by Gasteiger charge is -2.46. The number of rotatable bonds is 3. The first-order valence-electron chi connectivity index (χ1n) is 5.92. The van der Waals surface area contributed by atoms with Crippen LogP contribution in [-0.2, 0) is 4.74 Å². The minimum Gasteiger partial charge on any atom is -0.394 e. The van der Waals surface area contributed by atoms with Crippen LogP contribution in [0.15, 0.2) is 0 Å². The number of nitrogens with two attached hydrogens (primary N) is 1. The lowest BCUT2D eigenvalue weighted by molar-refractivity contribution is -0.224. The first-order valence-corrected chi connectivity index (χ1v) is 5.92. The van der Waals surface area contributed by atoms with E-state index in [1.807, 2.05) is 0 Å². The van der Waals surface area contributed by atoms with Gasteiger partial charge < -0.3 is 15.6 Å². The molecule has 0 amide bonds. The van der Waals surface area contributed by atoms with Crippen LogP contribution in [0.3, 0.4) is 0 Å². The van der Waals surface area contributed by atoms with Crippen LogP contribution in [0.2, 0.25) is 0 Å². The van der Waals surface area contributed by atoms with E-state index in [4.69, 9.17) is 15.6 Å². The van der Waals surface area contributed by atoms with E-state index in [1.165, 1.54) is 11.8 Å². The molecule has 0 aromatic rings. The minimum absolute atomic E-state index is 0.0334. The summed E-state index contributed by atoms with van der Waals surface area (Å²) < 4.78 is 44.5. The van der Waals surface area contributed by atoms with Gasteiger partial charge >= 0.3 is 6.18 Å². The van der Waals surface area contributed by atoms with Crippen molar-refractivity contribution in [3.63, 3.8) is 0 Å². The summed E-state index contributed by atoms with van der Waals surface area (Å²) in [6.45, 7) is 4.62. The number of aliphatic hydroxyl groups is 1. The fourth-order valence-corrected chi connectivity index (χ4v) is 2.49. The van der Waals surface area contributed by atoms with E-state index in [-0.39, 0.29) is 19.7 Å². The predicted octanol–water partition coefficient (Wildman–Crippen LogP) is 0.736. The summed E-state index contributed by atoms with van der Waals surface area (Å²) in [6.07, 6.45) is -5.00. The Morgan fingerprint density at radius 3 is 2.44 bits per heavy atom. The molecule has 3 N–H and O–H groups in total. The first kappa shape index (κ1) is 15.7. The molecular formula is C11H21F3N2O2. The van der Waals surface area contributed by atoms with Crippen molar-refractivity contribution in [2.24, 2.45) is 5.73 Å². The first-order chi connectivity index (χ1) is 8.07. The van der Waals surface area contributed by atoms with Gasteiger partial charge in [-0.15, -0.1) is 0 Å².